The van der Waals surface area contributed by atoms with Gasteiger partial charge in [-0.3, -0.25) is 9.19 Å². The van der Waals surface area contributed by atoms with Crippen molar-refractivity contribution in [2.75, 3.05) is 11.8 Å². The van der Waals surface area contributed by atoms with E-state index in [1.807, 2.05) is 12.1 Å². The Labute approximate surface area is 145 Å². The second kappa shape index (κ2) is 7.04. The van der Waals surface area contributed by atoms with E-state index in [4.69, 9.17) is 21.1 Å². The molecule has 3 aromatic rings. The van der Waals surface area contributed by atoms with Crippen molar-refractivity contribution >= 4 is 39.5 Å². The smallest absolute Gasteiger partial charge is 0.146 e. The first-order valence-corrected chi connectivity index (χ1v) is 8.28. The molecule has 0 radical (unpaired) electrons. The maximum Gasteiger partial charge on any atom is 0.146 e. The van der Waals surface area contributed by atoms with Gasteiger partial charge in [0.2, 0.25) is 0 Å². The first-order chi connectivity index (χ1) is 11.6. The van der Waals surface area contributed by atoms with Crippen molar-refractivity contribution in [3.63, 3.8) is 0 Å². The third kappa shape index (κ3) is 3.59. The number of aromatic nitrogens is 1. The fraction of sp³-hybridized carbons (Fsp3) is 0.0625. The van der Waals surface area contributed by atoms with Gasteiger partial charge in [0.1, 0.15) is 17.2 Å². The van der Waals surface area contributed by atoms with Crippen LogP contribution >= 0.6 is 11.6 Å². The molecule has 0 spiro atoms. The van der Waals surface area contributed by atoms with Crippen LogP contribution in [-0.4, -0.2) is 20.9 Å². The lowest BCUT2D eigenvalue weighted by Crippen LogP contribution is -2.02. The van der Waals surface area contributed by atoms with Crippen LogP contribution in [0.5, 0.6) is 17.2 Å². The molecule has 2 aromatic carbocycles. The molecule has 1 aromatic heterocycles. The van der Waals surface area contributed by atoms with Crippen molar-refractivity contribution in [2.24, 2.45) is 0 Å². The molecule has 0 amide bonds. The predicted molar refractivity (Wildman–Crippen MR) is 92.4 cm³/mol. The van der Waals surface area contributed by atoms with E-state index in [-0.39, 0.29) is 5.02 Å². The van der Waals surface area contributed by atoms with Gasteiger partial charge >= 0.3 is 0 Å². The zero-order valence-corrected chi connectivity index (χ0v) is 14.1. The minimum absolute atomic E-state index is 0.281. The lowest BCUT2D eigenvalue weighted by molar-refractivity contribution is 0.415. The van der Waals surface area contributed by atoms with Gasteiger partial charge in [0, 0.05) is 34.6 Å². The summed E-state index contributed by atoms with van der Waals surface area (Å²) in [7, 11) is 1.59. The summed E-state index contributed by atoms with van der Waals surface area (Å²) >= 11 is 3.75. The maximum absolute atomic E-state index is 10.7. The van der Waals surface area contributed by atoms with Gasteiger partial charge in [0.15, 0.2) is 0 Å². The number of rotatable bonds is 5. The van der Waals surface area contributed by atoms with Gasteiger partial charge in [-0.05, 0) is 36.4 Å². The third-order valence-corrected chi connectivity index (χ3v) is 3.96. The van der Waals surface area contributed by atoms with Gasteiger partial charge < -0.3 is 18.7 Å². The van der Waals surface area contributed by atoms with Crippen LogP contribution < -0.4 is 14.2 Å². The molecular formula is C16H12ClN2O4S-. The second-order valence-electron chi connectivity index (χ2n) is 4.78. The Kier molecular flexibility index (Phi) is 4.84. The van der Waals surface area contributed by atoms with Gasteiger partial charge in [0.05, 0.1) is 17.6 Å². The molecule has 0 saturated carbocycles. The Bertz CT molecular complexity index is 920. The van der Waals surface area contributed by atoms with E-state index in [9.17, 15) is 8.76 Å². The maximum atomic E-state index is 10.7. The minimum Gasteiger partial charge on any atom is -0.755 e. The van der Waals surface area contributed by atoms with Crippen LogP contribution in [0.3, 0.4) is 0 Å². The number of nitrogens with zero attached hydrogens (tertiary/aromatic N) is 1. The predicted octanol–water partition coefficient (Wildman–Crippen LogP) is 3.90. The van der Waals surface area contributed by atoms with E-state index < -0.39 is 11.3 Å². The number of fused-ring (bicyclic) bond motifs is 1. The lowest BCUT2D eigenvalue weighted by atomic mass is 10.2. The summed E-state index contributed by atoms with van der Waals surface area (Å²) in [6.07, 6.45) is 1.63. The quantitative estimate of drug-likeness (QED) is 0.695. The molecule has 1 unspecified atom stereocenters. The number of nitrogens with one attached hydrogen (secondary N) is 1. The van der Waals surface area contributed by atoms with Crippen molar-refractivity contribution in [3.05, 3.63) is 53.7 Å². The number of halogens is 1. The molecule has 0 aliphatic rings. The fourth-order valence-electron chi connectivity index (χ4n) is 2.18. The Morgan fingerprint density at radius 2 is 2.00 bits per heavy atom. The van der Waals surface area contributed by atoms with E-state index in [0.29, 0.717) is 22.9 Å². The van der Waals surface area contributed by atoms with Crippen LogP contribution in [0.25, 0.3) is 10.9 Å². The van der Waals surface area contributed by atoms with Gasteiger partial charge in [-0.15, -0.1) is 0 Å². The Balaban J connectivity index is 1.93. The second-order valence-corrected chi connectivity index (χ2v) is 5.86. The van der Waals surface area contributed by atoms with Gasteiger partial charge in [0.25, 0.3) is 0 Å². The molecule has 3 rings (SSSR count). The van der Waals surface area contributed by atoms with Crippen molar-refractivity contribution in [1.29, 1.82) is 0 Å². The highest BCUT2D eigenvalue weighted by atomic mass is 35.5. The van der Waals surface area contributed by atoms with Crippen LogP contribution in [0.4, 0.5) is 5.69 Å². The molecule has 0 aliphatic heterocycles. The average molecular weight is 364 g/mol. The number of benzene rings is 2. The molecule has 6 nitrogen and oxygen atoms in total. The van der Waals surface area contributed by atoms with Crippen LogP contribution in [0.15, 0.2) is 48.7 Å². The molecule has 1 atom stereocenters. The van der Waals surface area contributed by atoms with E-state index >= 15 is 0 Å². The summed E-state index contributed by atoms with van der Waals surface area (Å²) in [5.41, 5.74) is 1.08. The molecule has 0 aliphatic carbocycles. The number of anilines is 1. The van der Waals surface area contributed by atoms with E-state index in [1.165, 1.54) is 6.07 Å². The summed E-state index contributed by atoms with van der Waals surface area (Å²) in [4.78, 5) is 4.29. The molecule has 0 fully saturated rings. The van der Waals surface area contributed by atoms with Gasteiger partial charge in [-0.2, -0.15) is 0 Å². The highest BCUT2D eigenvalue weighted by Crippen LogP contribution is 2.35. The van der Waals surface area contributed by atoms with Crippen LogP contribution in [-0.2, 0) is 11.3 Å². The zero-order chi connectivity index (χ0) is 17.1. The number of hydrogen-bond acceptors (Lipinski definition) is 5. The molecule has 124 valence electrons. The number of pyridine rings is 1. The Morgan fingerprint density at radius 1 is 1.17 bits per heavy atom. The largest absolute Gasteiger partial charge is 0.755 e. The van der Waals surface area contributed by atoms with Crippen molar-refractivity contribution in [1.82, 2.24) is 4.98 Å². The summed E-state index contributed by atoms with van der Waals surface area (Å²) in [6, 6.07) is 11.8. The summed E-state index contributed by atoms with van der Waals surface area (Å²) in [6.45, 7) is 0. The minimum atomic E-state index is -2.41. The zero-order valence-electron chi connectivity index (χ0n) is 12.5. The SMILES string of the molecule is COc1ccc2c(Oc3ccc(NS(=O)[O-])cc3Cl)ccnc2c1. The summed E-state index contributed by atoms with van der Waals surface area (Å²) in [5, 5.41) is 1.08. The first-order valence-electron chi connectivity index (χ1n) is 6.83. The third-order valence-electron chi connectivity index (χ3n) is 3.26. The standard InChI is InChI=1S/C16H13ClN2O4S/c1-22-11-3-4-12-14(9-11)18-7-6-15(12)23-16-5-2-10(8-13(16)17)19-24(20)21/h2-9,19H,1H3,(H,20,21)/p-1. The highest BCUT2D eigenvalue weighted by Gasteiger charge is 2.09. The number of ether oxygens (including phenoxy) is 2. The molecular weight excluding hydrogens is 352 g/mol. The Hall–Kier alpha value is -2.35. The molecule has 1 N–H and O–H groups in total. The average Bonchev–Trinajstić information content (AvgIpc) is 2.56. The number of hydrogen-bond donors (Lipinski definition) is 1. The molecule has 8 heteroatoms. The monoisotopic (exact) mass is 363 g/mol. The molecule has 1 heterocycles. The van der Waals surface area contributed by atoms with Crippen LogP contribution in [0.2, 0.25) is 5.02 Å². The lowest BCUT2D eigenvalue weighted by Gasteiger charge is -2.13. The van der Waals surface area contributed by atoms with Gasteiger partial charge in [-0.25, -0.2) is 0 Å². The fourth-order valence-corrected chi connectivity index (χ4v) is 2.72. The topological polar surface area (TPSA) is 83.5 Å². The normalized spacial score (nSPS) is 12.0. The Morgan fingerprint density at radius 3 is 2.71 bits per heavy atom. The van der Waals surface area contributed by atoms with Crippen LogP contribution in [0.1, 0.15) is 0 Å². The van der Waals surface area contributed by atoms with E-state index in [1.54, 1.807) is 37.6 Å². The summed E-state index contributed by atoms with van der Waals surface area (Å²) < 4.78 is 34.6. The van der Waals surface area contributed by atoms with E-state index in [2.05, 4.69) is 9.71 Å². The van der Waals surface area contributed by atoms with Crippen molar-refractivity contribution in [3.8, 4) is 17.2 Å². The van der Waals surface area contributed by atoms with Crippen LogP contribution in [0, 0.1) is 0 Å². The number of methoxy groups -OCH3 is 1. The van der Waals surface area contributed by atoms with Crippen molar-refractivity contribution in [2.45, 2.75) is 0 Å². The molecule has 0 saturated heterocycles. The highest BCUT2D eigenvalue weighted by molar-refractivity contribution is 7.80. The summed E-state index contributed by atoms with van der Waals surface area (Å²) in [5.74, 6) is 1.69. The first kappa shape index (κ1) is 16.5. The molecule has 0 bridgehead atoms. The van der Waals surface area contributed by atoms with E-state index in [0.717, 1.165) is 10.9 Å². The van der Waals surface area contributed by atoms with Gasteiger partial charge in [-0.1, -0.05) is 11.6 Å². The molecule has 24 heavy (non-hydrogen) atoms. The van der Waals surface area contributed by atoms with Crippen molar-refractivity contribution < 1.29 is 18.2 Å².